The van der Waals surface area contributed by atoms with Crippen LogP contribution < -0.4 is 10.6 Å². The maximum atomic E-state index is 12.2. The minimum Gasteiger partial charge on any atom is -0.379 e. The van der Waals surface area contributed by atoms with Gasteiger partial charge in [-0.2, -0.15) is 0 Å². The van der Waals surface area contributed by atoms with Crippen molar-refractivity contribution >= 4 is 18.3 Å². The SMILES string of the molecule is Cl.O=C(NCCCOC1CCOC1)C1CC2CCCCC2N1. The number of carbonyl (C=O) groups excluding carboxylic acids is 1. The Kier molecular flexibility index (Phi) is 7.41. The monoisotopic (exact) mass is 332 g/mol. The van der Waals surface area contributed by atoms with Crippen molar-refractivity contribution in [2.24, 2.45) is 5.92 Å². The molecule has 1 amide bonds. The van der Waals surface area contributed by atoms with Crippen molar-refractivity contribution < 1.29 is 14.3 Å². The molecule has 6 heteroatoms. The fraction of sp³-hybridized carbons (Fsp3) is 0.938. The van der Waals surface area contributed by atoms with Crippen molar-refractivity contribution in [1.82, 2.24) is 10.6 Å². The first-order chi connectivity index (χ1) is 10.3. The maximum absolute atomic E-state index is 12.2. The fourth-order valence-electron chi connectivity index (χ4n) is 3.82. The lowest BCUT2D eigenvalue weighted by Crippen LogP contribution is -2.43. The second kappa shape index (κ2) is 9.06. The van der Waals surface area contributed by atoms with E-state index in [1.165, 1.54) is 25.7 Å². The topological polar surface area (TPSA) is 59.6 Å². The molecule has 0 spiro atoms. The normalized spacial score (nSPS) is 34.0. The molecule has 2 heterocycles. The molecule has 4 atom stereocenters. The van der Waals surface area contributed by atoms with Crippen LogP contribution in [0.25, 0.3) is 0 Å². The van der Waals surface area contributed by atoms with Crippen LogP contribution in [0.2, 0.25) is 0 Å². The Morgan fingerprint density at radius 3 is 2.91 bits per heavy atom. The van der Waals surface area contributed by atoms with Gasteiger partial charge in [-0.25, -0.2) is 0 Å². The molecule has 3 rings (SSSR count). The highest BCUT2D eigenvalue weighted by atomic mass is 35.5. The number of hydrogen-bond donors (Lipinski definition) is 2. The number of halogens is 1. The molecule has 0 radical (unpaired) electrons. The predicted octanol–water partition coefficient (Wildman–Crippen LogP) is 1.64. The summed E-state index contributed by atoms with van der Waals surface area (Å²) >= 11 is 0. The van der Waals surface area contributed by atoms with Crippen molar-refractivity contribution in [3.8, 4) is 0 Å². The zero-order chi connectivity index (χ0) is 14.5. The highest BCUT2D eigenvalue weighted by molar-refractivity contribution is 5.85. The molecule has 128 valence electrons. The average Bonchev–Trinajstić information content (AvgIpc) is 3.15. The number of amides is 1. The molecule has 4 unspecified atom stereocenters. The first-order valence-electron chi connectivity index (χ1n) is 8.56. The molecule has 2 saturated heterocycles. The third-order valence-electron chi connectivity index (χ3n) is 5.04. The summed E-state index contributed by atoms with van der Waals surface area (Å²) < 4.78 is 11.0. The summed E-state index contributed by atoms with van der Waals surface area (Å²) in [6, 6.07) is 0.613. The Labute approximate surface area is 139 Å². The molecular weight excluding hydrogens is 304 g/mol. The third-order valence-corrected chi connectivity index (χ3v) is 5.04. The van der Waals surface area contributed by atoms with Crippen LogP contribution in [0, 0.1) is 5.92 Å². The summed E-state index contributed by atoms with van der Waals surface area (Å²) in [6.07, 6.45) is 8.34. The van der Waals surface area contributed by atoms with Gasteiger partial charge in [-0.1, -0.05) is 12.8 Å². The summed E-state index contributed by atoms with van der Waals surface area (Å²) in [5.41, 5.74) is 0. The molecule has 0 aromatic heterocycles. The van der Waals surface area contributed by atoms with Crippen molar-refractivity contribution in [1.29, 1.82) is 0 Å². The van der Waals surface area contributed by atoms with Crippen molar-refractivity contribution in [2.45, 2.75) is 63.1 Å². The van der Waals surface area contributed by atoms with Crippen LogP contribution in [0.4, 0.5) is 0 Å². The van der Waals surface area contributed by atoms with E-state index in [2.05, 4.69) is 10.6 Å². The molecule has 2 N–H and O–H groups in total. The Balaban J connectivity index is 0.00000176. The average molecular weight is 333 g/mol. The molecule has 0 bridgehead atoms. The summed E-state index contributed by atoms with van der Waals surface area (Å²) in [5.74, 6) is 0.897. The third kappa shape index (κ3) is 4.82. The minimum atomic E-state index is 0. The van der Waals surface area contributed by atoms with E-state index in [4.69, 9.17) is 9.47 Å². The van der Waals surface area contributed by atoms with Crippen LogP contribution in [-0.4, -0.2) is 50.5 Å². The summed E-state index contributed by atoms with van der Waals surface area (Å²) in [6.45, 7) is 2.95. The van der Waals surface area contributed by atoms with E-state index >= 15 is 0 Å². The summed E-state index contributed by atoms with van der Waals surface area (Å²) in [7, 11) is 0. The number of nitrogens with one attached hydrogen (secondary N) is 2. The molecule has 3 fully saturated rings. The number of rotatable bonds is 6. The van der Waals surface area contributed by atoms with Gasteiger partial charge in [0.1, 0.15) is 0 Å². The van der Waals surface area contributed by atoms with Crippen molar-refractivity contribution in [3.63, 3.8) is 0 Å². The minimum absolute atomic E-state index is 0. The zero-order valence-corrected chi connectivity index (χ0v) is 14.0. The van der Waals surface area contributed by atoms with E-state index in [0.29, 0.717) is 19.2 Å². The van der Waals surface area contributed by atoms with E-state index in [1.54, 1.807) is 0 Å². The first kappa shape index (κ1) is 18.0. The van der Waals surface area contributed by atoms with Gasteiger partial charge < -0.3 is 20.1 Å². The van der Waals surface area contributed by atoms with E-state index in [9.17, 15) is 4.79 Å². The lowest BCUT2D eigenvalue weighted by Gasteiger charge is -2.24. The number of ether oxygens (including phenoxy) is 2. The van der Waals surface area contributed by atoms with E-state index < -0.39 is 0 Å². The summed E-state index contributed by atoms with van der Waals surface area (Å²) in [4.78, 5) is 12.2. The molecular formula is C16H29ClN2O3. The van der Waals surface area contributed by atoms with Gasteiger partial charge in [0.05, 0.1) is 18.8 Å². The van der Waals surface area contributed by atoms with E-state index in [0.717, 1.165) is 38.4 Å². The van der Waals surface area contributed by atoms with Crippen LogP contribution in [-0.2, 0) is 14.3 Å². The lowest BCUT2D eigenvalue weighted by molar-refractivity contribution is -0.122. The van der Waals surface area contributed by atoms with Crippen LogP contribution >= 0.6 is 12.4 Å². The lowest BCUT2D eigenvalue weighted by atomic mass is 9.85. The molecule has 1 aliphatic carbocycles. The summed E-state index contributed by atoms with van der Waals surface area (Å²) in [5, 5.41) is 6.57. The van der Waals surface area contributed by atoms with Gasteiger partial charge in [0, 0.05) is 25.8 Å². The maximum Gasteiger partial charge on any atom is 0.237 e. The van der Waals surface area contributed by atoms with E-state index in [1.807, 2.05) is 0 Å². The Bertz CT molecular complexity index is 336. The first-order valence-corrected chi connectivity index (χ1v) is 8.56. The molecule has 0 aromatic carbocycles. The van der Waals surface area contributed by atoms with Gasteiger partial charge in [-0.05, 0) is 38.0 Å². The Hall–Kier alpha value is -0.360. The molecule has 5 nitrogen and oxygen atoms in total. The van der Waals surface area contributed by atoms with Gasteiger partial charge in [0.25, 0.3) is 0 Å². The second-order valence-electron chi connectivity index (χ2n) is 6.61. The Morgan fingerprint density at radius 2 is 2.14 bits per heavy atom. The molecule has 0 aromatic rings. The van der Waals surface area contributed by atoms with Gasteiger partial charge in [0.15, 0.2) is 0 Å². The second-order valence-corrected chi connectivity index (χ2v) is 6.61. The van der Waals surface area contributed by atoms with Crippen LogP contribution in [0.3, 0.4) is 0 Å². The smallest absolute Gasteiger partial charge is 0.237 e. The number of hydrogen-bond acceptors (Lipinski definition) is 4. The van der Waals surface area contributed by atoms with Gasteiger partial charge >= 0.3 is 0 Å². The molecule has 22 heavy (non-hydrogen) atoms. The fourth-order valence-corrected chi connectivity index (χ4v) is 3.82. The highest BCUT2D eigenvalue weighted by Gasteiger charge is 2.37. The van der Waals surface area contributed by atoms with Crippen molar-refractivity contribution in [3.05, 3.63) is 0 Å². The predicted molar refractivity (Wildman–Crippen MR) is 87.3 cm³/mol. The standard InChI is InChI=1S/C16H28N2O3.ClH/c19-16(15-10-12-4-1-2-5-14(12)18-15)17-7-3-8-21-13-6-9-20-11-13;/h12-15,18H,1-11H2,(H,17,19);1H. The zero-order valence-electron chi connectivity index (χ0n) is 13.2. The molecule has 1 saturated carbocycles. The van der Waals surface area contributed by atoms with Gasteiger partial charge in [-0.3, -0.25) is 4.79 Å². The highest BCUT2D eigenvalue weighted by Crippen LogP contribution is 2.33. The Morgan fingerprint density at radius 1 is 1.27 bits per heavy atom. The molecule has 3 aliphatic rings. The number of carbonyl (C=O) groups is 1. The van der Waals surface area contributed by atoms with Crippen LogP contribution in [0.15, 0.2) is 0 Å². The van der Waals surface area contributed by atoms with E-state index in [-0.39, 0.29) is 30.5 Å². The van der Waals surface area contributed by atoms with Crippen LogP contribution in [0.5, 0.6) is 0 Å². The molecule has 2 aliphatic heterocycles. The van der Waals surface area contributed by atoms with Crippen molar-refractivity contribution in [2.75, 3.05) is 26.4 Å². The quantitative estimate of drug-likeness (QED) is 0.726. The largest absolute Gasteiger partial charge is 0.379 e. The number of fused-ring (bicyclic) bond motifs is 1. The van der Waals surface area contributed by atoms with Gasteiger partial charge in [0.2, 0.25) is 5.91 Å². The van der Waals surface area contributed by atoms with Crippen LogP contribution in [0.1, 0.15) is 44.9 Å². The van der Waals surface area contributed by atoms with Gasteiger partial charge in [-0.15, -0.1) is 12.4 Å².